The van der Waals surface area contributed by atoms with Gasteiger partial charge in [-0.1, -0.05) is 6.07 Å². The number of amides is 3. The van der Waals surface area contributed by atoms with E-state index >= 15 is 0 Å². The van der Waals surface area contributed by atoms with Gasteiger partial charge in [-0.25, -0.2) is 13.2 Å². The zero-order valence-corrected chi connectivity index (χ0v) is 22.6. The number of aromatic nitrogens is 1. The average Bonchev–Trinajstić information content (AvgIpc) is 2.97. The first-order valence-corrected chi connectivity index (χ1v) is 13.9. The first-order valence-electron chi connectivity index (χ1n) is 12.4. The molecule has 1 atom stereocenters. The first-order chi connectivity index (χ1) is 18.8. The van der Waals surface area contributed by atoms with Crippen molar-refractivity contribution in [3.05, 3.63) is 78.6 Å². The number of carbonyl (C=O) groups is 2. The Balaban J connectivity index is 1.53. The van der Waals surface area contributed by atoms with Gasteiger partial charge in [-0.3, -0.25) is 9.78 Å². The van der Waals surface area contributed by atoms with Gasteiger partial charge in [0.25, 0.3) is 0 Å². The highest BCUT2D eigenvalue weighted by atomic mass is 32.2. The summed E-state index contributed by atoms with van der Waals surface area (Å²) < 4.78 is 38.9. The van der Waals surface area contributed by atoms with E-state index in [9.17, 15) is 18.0 Å². The van der Waals surface area contributed by atoms with Crippen molar-refractivity contribution in [1.29, 1.82) is 0 Å². The van der Waals surface area contributed by atoms with Gasteiger partial charge in [-0.05, 0) is 67.6 Å². The van der Waals surface area contributed by atoms with Gasteiger partial charge in [0.1, 0.15) is 17.5 Å². The summed E-state index contributed by atoms with van der Waals surface area (Å²) in [6.45, 7) is 2.43. The van der Waals surface area contributed by atoms with Gasteiger partial charge in [0, 0.05) is 31.5 Å². The Hall–Kier alpha value is -4.16. The summed E-state index contributed by atoms with van der Waals surface area (Å²) in [7, 11) is -2.56. The molecule has 2 N–H and O–H groups in total. The van der Waals surface area contributed by atoms with Crippen molar-refractivity contribution in [1.82, 2.24) is 19.5 Å². The number of hydrogen-bond donors (Lipinski definition) is 2. The minimum atomic E-state index is -4.05. The third-order valence-corrected chi connectivity index (χ3v) is 8.10. The van der Waals surface area contributed by atoms with E-state index in [0.717, 1.165) is 4.31 Å². The zero-order chi connectivity index (χ0) is 27.8. The van der Waals surface area contributed by atoms with Crippen molar-refractivity contribution in [2.45, 2.75) is 24.4 Å². The van der Waals surface area contributed by atoms with Crippen LogP contribution in [0.4, 0.5) is 10.5 Å². The van der Waals surface area contributed by atoms with Gasteiger partial charge in [-0.2, -0.15) is 4.31 Å². The molecule has 0 radical (unpaired) electrons. The molecule has 12 heteroatoms. The van der Waals surface area contributed by atoms with Crippen LogP contribution in [-0.2, 0) is 21.4 Å². The number of sulfonamides is 1. The SMILES string of the molecule is CCOc1ccc(NC(=O)N2CCN(S(=O)(=O)c3ccc(OC)cc3)C(C(=O)NCc3ccccn3)C2)cc1. The van der Waals surface area contributed by atoms with Gasteiger partial charge in [-0.15, -0.1) is 0 Å². The predicted molar refractivity (Wildman–Crippen MR) is 145 cm³/mol. The summed E-state index contributed by atoms with van der Waals surface area (Å²) in [6, 6.07) is 16.6. The Bertz CT molecular complexity index is 1370. The van der Waals surface area contributed by atoms with Crippen molar-refractivity contribution >= 4 is 27.6 Å². The average molecular weight is 554 g/mol. The standard InChI is InChI=1S/C27H31N5O6S/c1-3-38-23-9-7-20(8-10-23)30-27(34)31-16-17-32(39(35,36)24-13-11-22(37-2)12-14-24)25(19-31)26(33)29-18-21-6-4-5-15-28-21/h4-15,25H,3,16-19H2,1-2H3,(H,29,33)(H,30,34). The summed E-state index contributed by atoms with van der Waals surface area (Å²) >= 11 is 0. The molecular weight excluding hydrogens is 522 g/mol. The highest BCUT2D eigenvalue weighted by Gasteiger charge is 2.41. The smallest absolute Gasteiger partial charge is 0.321 e. The number of carbonyl (C=O) groups excluding carboxylic acids is 2. The number of benzene rings is 2. The molecule has 1 aromatic heterocycles. The van der Waals surface area contributed by atoms with Crippen molar-refractivity contribution in [2.24, 2.45) is 0 Å². The second kappa shape index (κ2) is 12.6. The number of nitrogens with zero attached hydrogens (tertiary/aromatic N) is 3. The number of rotatable bonds is 9. The van der Waals surface area contributed by atoms with E-state index in [0.29, 0.717) is 29.5 Å². The van der Waals surface area contributed by atoms with Crippen molar-refractivity contribution in [3.63, 3.8) is 0 Å². The maximum atomic E-state index is 13.6. The Morgan fingerprint density at radius 2 is 1.72 bits per heavy atom. The van der Waals surface area contributed by atoms with Crippen LogP contribution in [0.3, 0.4) is 0 Å². The molecule has 0 spiro atoms. The topological polar surface area (TPSA) is 130 Å². The van der Waals surface area contributed by atoms with E-state index in [-0.39, 0.29) is 31.1 Å². The third-order valence-electron chi connectivity index (χ3n) is 6.17. The lowest BCUT2D eigenvalue weighted by molar-refractivity contribution is -0.126. The molecule has 0 saturated carbocycles. The maximum absolute atomic E-state index is 13.6. The van der Waals surface area contributed by atoms with E-state index in [4.69, 9.17) is 9.47 Å². The minimum Gasteiger partial charge on any atom is -0.497 e. The maximum Gasteiger partial charge on any atom is 0.321 e. The molecule has 2 aromatic carbocycles. The van der Waals surface area contributed by atoms with Gasteiger partial charge in [0.05, 0.1) is 30.9 Å². The largest absolute Gasteiger partial charge is 0.497 e. The molecule has 2 heterocycles. The summed E-state index contributed by atoms with van der Waals surface area (Å²) in [5.41, 5.74) is 1.17. The number of nitrogens with one attached hydrogen (secondary N) is 2. The van der Waals surface area contributed by atoms with Crippen LogP contribution >= 0.6 is 0 Å². The van der Waals surface area contributed by atoms with Gasteiger partial charge in [0.15, 0.2) is 0 Å². The predicted octanol–water partition coefficient (Wildman–Crippen LogP) is 2.71. The van der Waals surface area contributed by atoms with E-state index in [1.165, 1.54) is 24.1 Å². The molecule has 4 rings (SSSR count). The summed E-state index contributed by atoms with van der Waals surface area (Å²) in [4.78, 5) is 32.1. The molecule has 0 aliphatic carbocycles. The fraction of sp³-hybridized carbons (Fsp3) is 0.296. The van der Waals surface area contributed by atoms with Crippen LogP contribution in [0, 0.1) is 0 Å². The summed E-state index contributed by atoms with van der Waals surface area (Å²) in [6.07, 6.45) is 1.61. The molecule has 3 aromatic rings. The van der Waals surface area contributed by atoms with Crippen molar-refractivity contribution in [2.75, 3.05) is 38.7 Å². The van der Waals surface area contributed by atoms with Crippen LogP contribution in [0.15, 0.2) is 77.8 Å². The highest BCUT2D eigenvalue weighted by molar-refractivity contribution is 7.89. The molecule has 11 nitrogen and oxygen atoms in total. The second-order valence-corrected chi connectivity index (χ2v) is 10.6. The molecular formula is C27H31N5O6S. The number of urea groups is 1. The van der Waals surface area contributed by atoms with Crippen LogP contribution < -0.4 is 20.1 Å². The molecule has 206 valence electrons. The van der Waals surface area contributed by atoms with E-state index in [2.05, 4.69) is 15.6 Å². The first kappa shape index (κ1) is 27.9. The molecule has 1 aliphatic heterocycles. The van der Waals surface area contributed by atoms with Crippen LogP contribution in [0.2, 0.25) is 0 Å². The van der Waals surface area contributed by atoms with E-state index < -0.39 is 28.0 Å². The van der Waals surface area contributed by atoms with Crippen LogP contribution in [0.25, 0.3) is 0 Å². The van der Waals surface area contributed by atoms with E-state index in [1.54, 1.807) is 60.8 Å². The monoisotopic (exact) mass is 553 g/mol. The molecule has 1 saturated heterocycles. The molecule has 1 fully saturated rings. The number of piperazine rings is 1. The molecule has 1 aliphatic rings. The van der Waals surface area contributed by atoms with Crippen LogP contribution in [-0.4, -0.2) is 73.9 Å². The number of pyridine rings is 1. The van der Waals surface area contributed by atoms with Crippen molar-refractivity contribution in [3.8, 4) is 11.5 Å². The van der Waals surface area contributed by atoms with Crippen LogP contribution in [0.1, 0.15) is 12.6 Å². The number of ether oxygens (including phenoxy) is 2. The summed E-state index contributed by atoms with van der Waals surface area (Å²) in [5.74, 6) is 0.656. The number of methoxy groups -OCH3 is 1. The Morgan fingerprint density at radius 3 is 2.36 bits per heavy atom. The molecule has 39 heavy (non-hydrogen) atoms. The Morgan fingerprint density at radius 1 is 1.00 bits per heavy atom. The lowest BCUT2D eigenvalue weighted by atomic mass is 10.2. The normalized spacial score (nSPS) is 15.8. The summed E-state index contributed by atoms with van der Waals surface area (Å²) in [5, 5.41) is 5.57. The molecule has 0 bridgehead atoms. The minimum absolute atomic E-state index is 0.0260. The number of hydrogen-bond acceptors (Lipinski definition) is 7. The third kappa shape index (κ3) is 6.84. The fourth-order valence-electron chi connectivity index (χ4n) is 4.14. The second-order valence-electron chi connectivity index (χ2n) is 8.68. The van der Waals surface area contributed by atoms with Gasteiger partial charge in [0.2, 0.25) is 15.9 Å². The molecule has 1 unspecified atom stereocenters. The lowest BCUT2D eigenvalue weighted by Crippen LogP contribution is -2.61. The zero-order valence-electron chi connectivity index (χ0n) is 21.7. The van der Waals surface area contributed by atoms with Crippen LogP contribution in [0.5, 0.6) is 11.5 Å². The lowest BCUT2D eigenvalue weighted by Gasteiger charge is -2.39. The number of anilines is 1. The highest BCUT2D eigenvalue weighted by Crippen LogP contribution is 2.25. The Kier molecular flexibility index (Phi) is 8.99. The Labute approximate surface area is 227 Å². The molecule has 3 amide bonds. The van der Waals surface area contributed by atoms with E-state index in [1.807, 2.05) is 6.92 Å². The van der Waals surface area contributed by atoms with Gasteiger partial charge >= 0.3 is 6.03 Å². The fourth-order valence-corrected chi connectivity index (χ4v) is 5.71. The quantitative estimate of drug-likeness (QED) is 0.417. The van der Waals surface area contributed by atoms with Gasteiger partial charge < -0.3 is 25.0 Å². The van der Waals surface area contributed by atoms with Crippen molar-refractivity contribution < 1.29 is 27.5 Å².